The van der Waals surface area contributed by atoms with Gasteiger partial charge >= 0.3 is 0 Å². The van der Waals surface area contributed by atoms with E-state index >= 15 is 0 Å². The highest BCUT2D eigenvalue weighted by Gasteiger charge is 2.16. The number of para-hydroxylation sites is 1. The average molecular weight is 283 g/mol. The lowest BCUT2D eigenvalue weighted by atomic mass is 10.0. The van der Waals surface area contributed by atoms with E-state index in [1.54, 1.807) is 4.68 Å². The number of carbonyl (C=O) groups is 1. The quantitative estimate of drug-likeness (QED) is 0.594. The van der Waals surface area contributed by atoms with Crippen LogP contribution in [0.2, 0.25) is 0 Å². The molecule has 0 aliphatic heterocycles. The SMILES string of the molecule is Cn1nc(CC(=O)c2cc(F)ccc2N)c2ccccc21. The average Bonchev–Trinajstić information content (AvgIpc) is 2.78. The molecule has 0 bridgehead atoms. The molecule has 2 aromatic carbocycles. The molecule has 0 saturated heterocycles. The largest absolute Gasteiger partial charge is 0.398 e. The van der Waals surface area contributed by atoms with E-state index < -0.39 is 5.82 Å². The minimum atomic E-state index is -0.474. The number of aryl methyl sites for hydroxylation is 1. The van der Waals surface area contributed by atoms with Crippen LogP contribution in [0.15, 0.2) is 42.5 Å². The van der Waals surface area contributed by atoms with Crippen molar-refractivity contribution < 1.29 is 9.18 Å². The van der Waals surface area contributed by atoms with Crippen LogP contribution in [0.25, 0.3) is 10.9 Å². The first kappa shape index (κ1) is 13.3. The van der Waals surface area contributed by atoms with Crippen LogP contribution in [0.5, 0.6) is 0 Å². The van der Waals surface area contributed by atoms with Crippen LogP contribution >= 0.6 is 0 Å². The van der Waals surface area contributed by atoms with Crippen molar-refractivity contribution in [3.63, 3.8) is 0 Å². The molecule has 5 heteroatoms. The molecule has 3 aromatic rings. The smallest absolute Gasteiger partial charge is 0.171 e. The minimum Gasteiger partial charge on any atom is -0.398 e. The van der Waals surface area contributed by atoms with E-state index in [4.69, 9.17) is 5.73 Å². The van der Waals surface area contributed by atoms with Gasteiger partial charge in [-0.25, -0.2) is 4.39 Å². The first-order valence-electron chi connectivity index (χ1n) is 6.55. The molecule has 106 valence electrons. The Morgan fingerprint density at radius 1 is 1.29 bits per heavy atom. The number of halogens is 1. The molecule has 0 unspecified atom stereocenters. The number of ketones is 1. The van der Waals surface area contributed by atoms with Gasteiger partial charge in [-0.05, 0) is 24.3 Å². The van der Waals surface area contributed by atoms with Gasteiger partial charge in [0.1, 0.15) is 5.82 Å². The molecular formula is C16H14FN3O. The standard InChI is InChI=1S/C16H14FN3O/c1-20-15-5-3-2-4-11(15)14(19-20)9-16(21)12-8-10(17)6-7-13(12)18/h2-8H,9,18H2,1H3. The lowest BCUT2D eigenvalue weighted by molar-refractivity contribution is 0.0992. The molecular weight excluding hydrogens is 269 g/mol. The summed E-state index contributed by atoms with van der Waals surface area (Å²) in [4.78, 5) is 12.3. The normalized spacial score (nSPS) is 11.0. The Balaban J connectivity index is 1.99. The molecule has 0 atom stereocenters. The molecule has 4 nitrogen and oxygen atoms in total. The van der Waals surface area contributed by atoms with Gasteiger partial charge in [-0.1, -0.05) is 18.2 Å². The zero-order chi connectivity index (χ0) is 15.0. The summed E-state index contributed by atoms with van der Waals surface area (Å²) in [5, 5.41) is 5.29. The van der Waals surface area contributed by atoms with Gasteiger partial charge in [0, 0.05) is 23.7 Å². The molecule has 21 heavy (non-hydrogen) atoms. The molecule has 0 aliphatic rings. The van der Waals surface area contributed by atoms with Gasteiger partial charge in [-0.2, -0.15) is 5.10 Å². The lowest BCUT2D eigenvalue weighted by Crippen LogP contribution is -2.08. The summed E-state index contributed by atoms with van der Waals surface area (Å²) in [5.41, 5.74) is 7.85. The summed E-state index contributed by atoms with van der Waals surface area (Å²) < 4.78 is 15.0. The Morgan fingerprint density at radius 3 is 2.86 bits per heavy atom. The van der Waals surface area contributed by atoms with E-state index in [-0.39, 0.29) is 23.5 Å². The number of nitrogens with zero attached hydrogens (tertiary/aromatic N) is 2. The zero-order valence-corrected chi connectivity index (χ0v) is 11.5. The van der Waals surface area contributed by atoms with E-state index in [0.717, 1.165) is 10.9 Å². The number of Topliss-reactive ketones (excluding diaryl/α,β-unsaturated/α-hetero) is 1. The van der Waals surface area contributed by atoms with Gasteiger partial charge < -0.3 is 5.73 Å². The van der Waals surface area contributed by atoms with Gasteiger partial charge in [0.25, 0.3) is 0 Å². The topological polar surface area (TPSA) is 60.9 Å². The van der Waals surface area contributed by atoms with Gasteiger partial charge in [0.15, 0.2) is 5.78 Å². The molecule has 0 spiro atoms. The third kappa shape index (κ3) is 2.38. The second-order valence-electron chi connectivity index (χ2n) is 4.92. The van der Waals surface area contributed by atoms with E-state index in [0.29, 0.717) is 5.69 Å². The minimum absolute atomic E-state index is 0.0923. The molecule has 0 aliphatic carbocycles. The van der Waals surface area contributed by atoms with Gasteiger partial charge in [-0.3, -0.25) is 9.48 Å². The molecule has 0 fully saturated rings. The van der Waals surface area contributed by atoms with E-state index in [2.05, 4.69) is 5.10 Å². The lowest BCUT2D eigenvalue weighted by Gasteiger charge is -2.04. The fourth-order valence-electron chi connectivity index (χ4n) is 2.44. The van der Waals surface area contributed by atoms with E-state index in [9.17, 15) is 9.18 Å². The first-order valence-corrected chi connectivity index (χ1v) is 6.55. The van der Waals surface area contributed by atoms with Crippen LogP contribution in [0, 0.1) is 5.82 Å². The molecule has 0 radical (unpaired) electrons. The highest BCUT2D eigenvalue weighted by atomic mass is 19.1. The predicted octanol–water partition coefficient (Wildman–Crippen LogP) is 2.72. The van der Waals surface area contributed by atoms with Crippen molar-refractivity contribution in [2.45, 2.75) is 6.42 Å². The maximum absolute atomic E-state index is 13.3. The Hall–Kier alpha value is -2.69. The molecule has 1 aromatic heterocycles. The second-order valence-corrected chi connectivity index (χ2v) is 4.92. The van der Waals surface area contributed by atoms with Crippen LogP contribution in [0.1, 0.15) is 16.1 Å². The van der Waals surface area contributed by atoms with Gasteiger partial charge in [-0.15, -0.1) is 0 Å². The number of hydrogen-bond acceptors (Lipinski definition) is 3. The van der Waals surface area contributed by atoms with Crippen molar-refractivity contribution in [2.24, 2.45) is 7.05 Å². The third-order valence-corrected chi connectivity index (χ3v) is 3.48. The summed E-state index contributed by atoms with van der Waals surface area (Å²) in [6.07, 6.45) is 0.0923. The van der Waals surface area contributed by atoms with Crippen molar-refractivity contribution in [1.82, 2.24) is 9.78 Å². The molecule has 0 saturated carbocycles. The van der Waals surface area contributed by atoms with Crippen LogP contribution < -0.4 is 5.73 Å². The van der Waals surface area contributed by atoms with Crippen LogP contribution in [0.4, 0.5) is 10.1 Å². The fraction of sp³-hybridized carbons (Fsp3) is 0.125. The number of carbonyl (C=O) groups excluding carboxylic acids is 1. The molecule has 1 heterocycles. The maximum atomic E-state index is 13.3. The number of anilines is 1. The van der Waals surface area contributed by atoms with E-state index in [1.165, 1.54) is 18.2 Å². The van der Waals surface area contributed by atoms with Crippen LogP contribution in [-0.2, 0) is 13.5 Å². The molecule has 3 rings (SSSR count). The van der Waals surface area contributed by atoms with Gasteiger partial charge in [0.2, 0.25) is 0 Å². The monoisotopic (exact) mass is 283 g/mol. The summed E-state index contributed by atoms with van der Waals surface area (Å²) in [6.45, 7) is 0. The molecule has 2 N–H and O–H groups in total. The predicted molar refractivity (Wildman–Crippen MR) is 79.6 cm³/mol. The third-order valence-electron chi connectivity index (χ3n) is 3.48. The number of nitrogen functional groups attached to an aromatic ring is 1. The van der Waals surface area contributed by atoms with Crippen molar-refractivity contribution in [3.8, 4) is 0 Å². The summed E-state index contributed by atoms with van der Waals surface area (Å²) in [7, 11) is 1.83. The van der Waals surface area contributed by atoms with Crippen molar-refractivity contribution in [1.29, 1.82) is 0 Å². The van der Waals surface area contributed by atoms with Crippen LogP contribution in [-0.4, -0.2) is 15.6 Å². The highest BCUT2D eigenvalue weighted by molar-refractivity contribution is 6.03. The van der Waals surface area contributed by atoms with E-state index in [1.807, 2.05) is 31.3 Å². The Labute approximate surface area is 121 Å². The fourth-order valence-corrected chi connectivity index (χ4v) is 2.44. The van der Waals surface area contributed by atoms with Crippen LogP contribution in [0.3, 0.4) is 0 Å². The number of nitrogens with two attached hydrogens (primary N) is 1. The number of aromatic nitrogens is 2. The van der Waals surface area contributed by atoms with Gasteiger partial charge in [0.05, 0.1) is 17.6 Å². The first-order chi connectivity index (χ1) is 10.1. The summed E-state index contributed by atoms with van der Waals surface area (Å²) >= 11 is 0. The Morgan fingerprint density at radius 2 is 2.05 bits per heavy atom. The zero-order valence-electron chi connectivity index (χ0n) is 11.5. The number of rotatable bonds is 3. The Bertz CT molecular complexity index is 839. The molecule has 0 amide bonds. The van der Waals surface area contributed by atoms with Crippen molar-refractivity contribution in [3.05, 3.63) is 59.5 Å². The Kier molecular flexibility index (Phi) is 3.17. The maximum Gasteiger partial charge on any atom is 0.171 e. The van der Waals surface area contributed by atoms with Crippen molar-refractivity contribution in [2.75, 3.05) is 5.73 Å². The second kappa shape index (κ2) is 5.01. The van der Waals surface area contributed by atoms with Crippen molar-refractivity contribution >= 4 is 22.4 Å². The summed E-state index contributed by atoms with van der Waals surface area (Å²) in [5.74, 6) is -0.714. The number of benzene rings is 2. The number of hydrogen-bond donors (Lipinski definition) is 1. The summed E-state index contributed by atoms with van der Waals surface area (Å²) in [6, 6.07) is 11.5. The highest BCUT2D eigenvalue weighted by Crippen LogP contribution is 2.21. The number of fused-ring (bicyclic) bond motifs is 1.